The number of benzene rings is 3. The molecular weight excluding hydrogens is 564 g/mol. The minimum atomic E-state index is -0.648. The predicted octanol–water partition coefficient (Wildman–Crippen LogP) is 5.14. The van der Waals surface area contributed by atoms with Crippen LogP contribution in [0.1, 0.15) is 36.6 Å². The molecule has 0 aliphatic carbocycles. The largest absolute Gasteiger partial charge is 0.488 e. The maximum atomic E-state index is 13.8. The third kappa shape index (κ3) is 5.28. The van der Waals surface area contributed by atoms with Crippen molar-refractivity contribution >= 4 is 39.3 Å². The quantitative estimate of drug-likeness (QED) is 0.280. The van der Waals surface area contributed by atoms with E-state index in [0.717, 1.165) is 21.2 Å². The molecule has 4 aromatic rings. The number of ether oxygens (including phenoxy) is 2. The van der Waals surface area contributed by atoms with Gasteiger partial charge in [-0.05, 0) is 49.2 Å². The summed E-state index contributed by atoms with van der Waals surface area (Å²) >= 11 is 4.76. The predicted molar refractivity (Wildman–Crippen MR) is 152 cm³/mol. The number of hydrogen-bond acceptors (Lipinski definition) is 6. The van der Waals surface area contributed by atoms with Crippen molar-refractivity contribution in [3.8, 4) is 5.75 Å². The molecule has 0 saturated carbocycles. The second-order valence-electron chi connectivity index (χ2n) is 8.67. The number of aromatic nitrogens is 1. The van der Waals surface area contributed by atoms with E-state index in [1.54, 1.807) is 18.4 Å². The smallest absolute Gasteiger partial charge is 0.338 e. The van der Waals surface area contributed by atoms with Crippen molar-refractivity contribution in [1.82, 2.24) is 4.57 Å². The summed E-state index contributed by atoms with van der Waals surface area (Å²) in [6, 6.07) is 24.5. The van der Waals surface area contributed by atoms with Gasteiger partial charge in [-0.25, -0.2) is 9.79 Å². The van der Waals surface area contributed by atoms with E-state index in [0.29, 0.717) is 33.0 Å². The van der Waals surface area contributed by atoms with Crippen LogP contribution < -0.4 is 19.6 Å². The van der Waals surface area contributed by atoms with Gasteiger partial charge in [-0.2, -0.15) is 0 Å². The average molecular weight is 590 g/mol. The van der Waals surface area contributed by atoms with E-state index >= 15 is 0 Å². The van der Waals surface area contributed by atoms with Crippen LogP contribution in [0.15, 0.2) is 104 Å². The molecule has 192 valence electrons. The molecule has 5 rings (SSSR count). The highest BCUT2D eigenvalue weighted by Crippen LogP contribution is 2.31. The molecule has 8 heteroatoms. The minimum absolute atomic E-state index is 0.228. The van der Waals surface area contributed by atoms with Gasteiger partial charge in [0.2, 0.25) is 0 Å². The van der Waals surface area contributed by atoms with Crippen LogP contribution in [0.4, 0.5) is 0 Å². The normalized spacial score (nSPS) is 15.1. The molecule has 0 spiro atoms. The molecule has 0 saturated heterocycles. The molecule has 1 atom stereocenters. The fourth-order valence-electron chi connectivity index (χ4n) is 4.36. The number of carbonyl (C=O) groups excluding carboxylic acids is 1. The van der Waals surface area contributed by atoms with Crippen LogP contribution in [0.3, 0.4) is 0 Å². The Bertz CT molecular complexity index is 1690. The molecule has 0 fully saturated rings. The van der Waals surface area contributed by atoms with Crippen LogP contribution in [0.25, 0.3) is 6.08 Å². The summed E-state index contributed by atoms with van der Waals surface area (Å²) in [7, 11) is 0. The first-order valence-corrected chi connectivity index (χ1v) is 13.8. The van der Waals surface area contributed by atoms with Crippen LogP contribution in [-0.2, 0) is 16.1 Å². The maximum absolute atomic E-state index is 13.8. The molecular formula is C30H25BrN2O4S. The highest BCUT2D eigenvalue weighted by molar-refractivity contribution is 9.10. The molecule has 2 heterocycles. The highest BCUT2D eigenvalue weighted by atomic mass is 79.9. The molecule has 1 aromatic heterocycles. The number of rotatable bonds is 7. The average Bonchev–Trinajstić information content (AvgIpc) is 3.22. The third-order valence-electron chi connectivity index (χ3n) is 6.15. The Labute approximate surface area is 232 Å². The molecule has 0 amide bonds. The summed E-state index contributed by atoms with van der Waals surface area (Å²) < 4.78 is 14.5. The van der Waals surface area contributed by atoms with Gasteiger partial charge in [0.1, 0.15) is 12.4 Å². The molecule has 6 nitrogen and oxygen atoms in total. The molecule has 1 unspecified atom stereocenters. The zero-order valence-electron chi connectivity index (χ0n) is 20.9. The lowest BCUT2D eigenvalue weighted by molar-refractivity contribution is -0.139. The number of thiazole rings is 1. The highest BCUT2D eigenvalue weighted by Gasteiger charge is 2.33. The van der Waals surface area contributed by atoms with Gasteiger partial charge >= 0.3 is 5.97 Å². The number of carbonyl (C=O) groups is 1. The van der Waals surface area contributed by atoms with Gasteiger partial charge in [0.25, 0.3) is 5.56 Å². The van der Waals surface area contributed by atoms with Gasteiger partial charge < -0.3 is 9.47 Å². The second-order valence-corrected chi connectivity index (χ2v) is 10.6. The van der Waals surface area contributed by atoms with Crippen LogP contribution in [0.2, 0.25) is 0 Å². The summed E-state index contributed by atoms with van der Waals surface area (Å²) in [6.45, 7) is 4.18. The van der Waals surface area contributed by atoms with E-state index < -0.39 is 12.0 Å². The molecule has 1 aliphatic rings. The maximum Gasteiger partial charge on any atom is 0.338 e. The minimum Gasteiger partial charge on any atom is -0.488 e. The van der Waals surface area contributed by atoms with Gasteiger partial charge in [-0.15, -0.1) is 0 Å². The molecule has 38 heavy (non-hydrogen) atoms. The first-order valence-electron chi connectivity index (χ1n) is 12.2. The van der Waals surface area contributed by atoms with E-state index in [1.165, 1.54) is 11.3 Å². The fraction of sp³-hybridized carbons (Fsp3) is 0.167. The van der Waals surface area contributed by atoms with Crippen molar-refractivity contribution in [2.24, 2.45) is 4.99 Å². The molecule has 0 N–H and O–H groups in total. The Balaban J connectivity index is 1.61. The number of allylic oxidation sites excluding steroid dienone is 1. The van der Waals surface area contributed by atoms with Crippen LogP contribution in [0, 0.1) is 0 Å². The third-order valence-corrected chi connectivity index (χ3v) is 7.66. The van der Waals surface area contributed by atoms with Crippen molar-refractivity contribution in [3.05, 3.63) is 131 Å². The molecule has 1 aliphatic heterocycles. The summed E-state index contributed by atoms with van der Waals surface area (Å²) in [4.78, 5) is 32.1. The topological polar surface area (TPSA) is 69.9 Å². The van der Waals surface area contributed by atoms with Crippen molar-refractivity contribution in [3.63, 3.8) is 0 Å². The molecule has 0 radical (unpaired) electrons. The number of fused-ring (bicyclic) bond motifs is 1. The summed E-state index contributed by atoms with van der Waals surface area (Å²) in [5, 5.41) is 0. The Morgan fingerprint density at radius 1 is 1.05 bits per heavy atom. The Morgan fingerprint density at radius 2 is 1.76 bits per heavy atom. The number of nitrogens with zero attached hydrogens (tertiary/aromatic N) is 2. The first-order chi connectivity index (χ1) is 18.5. The lowest BCUT2D eigenvalue weighted by Gasteiger charge is -2.24. The van der Waals surface area contributed by atoms with Crippen LogP contribution >= 0.6 is 27.3 Å². The van der Waals surface area contributed by atoms with Crippen LogP contribution in [0.5, 0.6) is 5.75 Å². The van der Waals surface area contributed by atoms with Crippen LogP contribution in [-0.4, -0.2) is 17.1 Å². The number of esters is 1. The van der Waals surface area contributed by atoms with E-state index in [9.17, 15) is 9.59 Å². The second kappa shape index (κ2) is 11.3. The van der Waals surface area contributed by atoms with Gasteiger partial charge in [-0.1, -0.05) is 87.9 Å². The fourth-order valence-corrected chi connectivity index (χ4v) is 5.66. The number of halogens is 1. The zero-order valence-corrected chi connectivity index (χ0v) is 23.3. The van der Waals surface area contributed by atoms with E-state index in [4.69, 9.17) is 9.47 Å². The summed E-state index contributed by atoms with van der Waals surface area (Å²) in [5.41, 5.74) is 3.31. The van der Waals surface area contributed by atoms with Crippen molar-refractivity contribution in [2.75, 3.05) is 6.61 Å². The number of hydrogen-bond donors (Lipinski definition) is 0. The van der Waals surface area contributed by atoms with E-state index in [1.807, 2.05) is 84.9 Å². The first kappa shape index (κ1) is 25.9. The van der Waals surface area contributed by atoms with Crippen molar-refractivity contribution in [1.29, 1.82) is 0 Å². The Hall–Kier alpha value is -3.75. The summed E-state index contributed by atoms with van der Waals surface area (Å²) in [5.74, 6) is 0.200. The number of para-hydroxylation sites is 1. The van der Waals surface area contributed by atoms with Gasteiger partial charge in [0, 0.05) is 10.0 Å². The van der Waals surface area contributed by atoms with Crippen molar-refractivity contribution in [2.45, 2.75) is 26.5 Å². The van der Waals surface area contributed by atoms with E-state index in [-0.39, 0.29) is 12.2 Å². The van der Waals surface area contributed by atoms with Gasteiger partial charge in [-0.3, -0.25) is 9.36 Å². The molecule has 3 aromatic carbocycles. The van der Waals surface area contributed by atoms with Crippen molar-refractivity contribution < 1.29 is 14.3 Å². The lowest BCUT2D eigenvalue weighted by atomic mass is 9.96. The Kier molecular flexibility index (Phi) is 7.72. The standard InChI is InChI=1S/C30H25BrN2O4S/c1-3-36-29(35)26-19(2)32-30-33(27(26)21-13-15-23(31)16-14-21)28(34)25(38-30)17-22-11-7-8-12-24(22)37-18-20-9-5-4-6-10-20/h4-17,27H,3,18H2,1-2H3/b25-17-. The zero-order chi connectivity index (χ0) is 26.6. The molecule has 0 bridgehead atoms. The SMILES string of the molecule is CCOC(=O)C1=C(C)N=c2s/c(=C\c3ccccc3OCc3ccccc3)c(=O)n2C1c1ccc(Br)cc1. The van der Waals surface area contributed by atoms with E-state index in [2.05, 4.69) is 20.9 Å². The van der Waals surface area contributed by atoms with Gasteiger partial charge in [0.15, 0.2) is 4.80 Å². The Morgan fingerprint density at radius 3 is 2.50 bits per heavy atom. The van der Waals surface area contributed by atoms with Gasteiger partial charge in [0.05, 0.1) is 28.5 Å². The lowest BCUT2D eigenvalue weighted by Crippen LogP contribution is -2.39. The summed E-state index contributed by atoms with van der Waals surface area (Å²) in [6.07, 6.45) is 1.83. The monoisotopic (exact) mass is 588 g/mol.